The third-order valence-electron chi connectivity index (χ3n) is 3.36. The summed E-state index contributed by atoms with van der Waals surface area (Å²) in [5, 5.41) is 3.21. The topological polar surface area (TPSA) is 98.5 Å². The van der Waals surface area contributed by atoms with E-state index < -0.39 is 15.8 Å². The summed E-state index contributed by atoms with van der Waals surface area (Å²) < 4.78 is 27.5. The number of nitrogens with one attached hydrogen (secondary N) is 1. The minimum absolute atomic E-state index is 0.0329. The molecule has 1 aromatic rings. The van der Waals surface area contributed by atoms with Crippen LogP contribution in [0.3, 0.4) is 0 Å². The number of hydrogen-bond acceptors (Lipinski definition) is 6. The standard InChI is InChI=1S/C13H18N2O4S/c1-19-13(16)11-8-9(14)2-3-12(11)15-10-4-6-20(17,18)7-5-10/h2-3,8,10,15H,4-7,14H2,1H3. The molecule has 7 heteroatoms. The number of hydrogen-bond donors (Lipinski definition) is 2. The van der Waals surface area contributed by atoms with Crippen molar-refractivity contribution < 1.29 is 17.9 Å². The van der Waals surface area contributed by atoms with Crippen LogP contribution in [0.2, 0.25) is 0 Å². The first-order valence-corrected chi connectivity index (χ1v) is 8.18. The molecule has 1 aliphatic heterocycles. The molecule has 0 amide bonds. The van der Waals surface area contributed by atoms with E-state index in [2.05, 4.69) is 5.32 Å². The molecule has 0 saturated carbocycles. The van der Waals surface area contributed by atoms with Crippen LogP contribution in [0, 0.1) is 0 Å². The highest BCUT2D eigenvalue weighted by Gasteiger charge is 2.24. The molecule has 0 atom stereocenters. The Kier molecular flexibility index (Phi) is 4.17. The van der Waals surface area contributed by atoms with Gasteiger partial charge in [-0.1, -0.05) is 0 Å². The fourth-order valence-corrected chi connectivity index (χ4v) is 3.71. The second-order valence-electron chi connectivity index (χ2n) is 4.87. The van der Waals surface area contributed by atoms with E-state index in [1.54, 1.807) is 18.2 Å². The Morgan fingerprint density at radius 3 is 2.60 bits per heavy atom. The normalized spacial score (nSPS) is 18.4. The van der Waals surface area contributed by atoms with Crippen LogP contribution in [0.5, 0.6) is 0 Å². The Morgan fingerprint density at radius 1 is 1.35 bits per heavy atom. The van der Waals surface area contributed by atoms with Crippen LogP contribution in [0.4, 0.5) is 11.4 Å². The van der Waals surface area contributed by atoms with Crippen LogP contribution >= 0.6 is 0 Å². The van der Waals surface area contributed by atoms with Crippen LogP contribution in [-0.4, -0.2) is 39.0 Å². The number of carbonyl (C=O) groups is 1. The lowest BCUT2D eigenvalue weighted by molar-refractivity contribution is 0.0602. The average molecular weight is 298 g/mol. The molecule has 0 spiro atoms. The molecule has 1 aromatic carbocycles. The number of anilines is 2. The number of sulfone groups is 1. The zero-order valence-corrected chi connectivity index (χ0v) is 12.1. The summed E-state index contributed by atoms with van der Waals surface area (Å²) in [6.07, 6.45) is 1.07. The van der Waals surface area contributed by atoms with Gasteiger partial charge in [-0.05, 0) is 31.0 Å². The maximum Gasteiger partial charge on any atom is 0.340 e. The van der Waals surface area contributed by atoms with Crippen molar-refractivity contribution in [1.82, 2.24) is 0 Å². The molecule has 0 aliphatic carbocycles. The van der Waals surface area contributed by atoms with Crippen molar-refractivity contribution in [3.8, 4) is 0 Å². The fourth-order valence-electron chi connectivity index (χ4n) is 2.22. The van der Waals surface area contributed by atoms with Gasteiger partial charge < -0.3 is 15.8 Å². The number of nitrogens with two attached hydrogens (primary N) is 1. The van der Waals surface area contributed by atoms with Gasteiger partial charge in [0.25, 0.3) is 0 Å². The number of esters is 1. The van der Waals surface area contributed by atoms with Crippen LogP contribution < -0.4 is 11.1 Å². The number of methoxy groups -OCH3 is 1. The molecular weight excluding hydrogens is 280 g/mol. The third-order valence-corrected chi connectivity index (χ3v) is 5.08. The summed E-state index contributed by atoms with van der Waals surface area (Å²) in [5.74, 6) is -0.122. The molecular formula is C13H18N2O4S. The van der Waals surface area contributed by atoms with Crippen molar-refractivity contribution in [2.24, 2.45) is 0 Å². The Morgan fingerprint density at radius 2 is 2.00 bits per heavy atom. The van der Waals surface area contributed by atoms with Gasteiger partial charge in [0, 0.05) is 17.4 Å². The maximum absolute atomic E-state index is 11.7. The van der Waals surface area contributed by atoms with Crippen molar-refractivity contribution in [2.45, 2.75) is 18.9 Å². The van der Waals surface area contributed by atoms with E-state index in [0.29, 0.717) is 29.8 Å². The van der Waals surface area contributed by atoms with Gasteiger partial charge in [0.05, 0.1) is 24.2 Å². The molecule has 1 heterocycles. The molecule has 0 unspecified atom stereocenters. The van der Waals surface area contributed by atoms with E-state index in [-0.39, 0.29) is 17.5 Å². The van der Waals surface area contributed by atoms with Gasteiger partial charge >= 0.3 is 5.97 Å². The molecule has 2 rings (SSSR count). The lowest BCUT2D eigenvalue weighted by atomic mass is 10.1. The number of carbonyl (C=O) groups excluding carboxylic acids is 1. The minimum atomic E-state index is -2.90. The molecule has 6 nitrogen and oxygen atoms in total. The van der Waals surface area contributed by atoms with Crippen molar-refractivity contribution >= 4 is 27.2 Å². The predicted octanol–water partition coefficient (Wildman–Crippen LogP) is 1.04. The zero-order valence-electron chi connectivity index (χ0n) is 11.3. The van der Waals surface area contributed by atoms with Gasteiger partial charge in [-0.3, -0.25) is 0 Å². The Balaban J connectivity index is 2.15. The minimum Gasteiger partial charge on any atom is -0.465 e. The van der Waals surface area contributed by atoms with E-state index in [9.17, 15) is 13.2 Å². The summed E-state index contributed by atoms with van der Waals surface area (Å²) in [7, 11) is -1.59. The van der Waals surface area contributed by atoms with Gasteiger partial charge in [-0.2, -0.15) is 0 Å². The molecule has 1 fully saturated rings. The number of nitrogen functional groups attached to an aromatic ring is 1. The Hall–Kier alpha value is -1.76. The van der Waals surface area contributed by atoms with Gasteiger partial charge in [0.1, 0.15) is 9.84 Å². The molecule has 0 radical (unpaired) electrons. The van der Waals surface area contributed by atoms with Crippen LogP contribution in [-0.2, 0) is 14.6 Å². The Bertz CT molecular complexity index is 599. The highest BCUT2D eigenvalue weighted by Crippen LogP contribution is 2.23. The lowest BCUT2D eigenvalue weighted by Crippen LogP contribution is -2.32. The van der Waals surface area contributed by atoms with Gasteiger partial charge in [-0.15, -0.1) is 0 Å². The SMILES string of the molecule is COC(=O)c1cc(N)ccc1NC1CCS(=O)(=O)CC1. The third kappa shape index (κ3) is 3.41. The first-order valence-electron chi connectivity index (χ1n) is 6.36. The van der Waals surface area contributed by atoms with Gasteiger partial charge in [0.2, 0.25) is 0 Å². The summed E-state index contributed by atoms with van der Waals surface area (Å²) in [6.45, 7) is 0. The summed E-state index contributed by atoms with van der Waals surface area (Å²) >= 11 is 0. The van der Waals surface area contributed by atoms with E-state index >= 15 is 0 Å². The number of rotatable bonds is 3. The van der Waals surface area contributed by atoms with E-state index in [0.717, 1.165) is 0 Å². The van der Waals surface area contributed by atoms with Crippen LogP contribution in [0.1, 0.15) is 23.2 Å². The fraction of sp³-hybridized carbons (Fsp3) is 0.462. The molecule has 1 aliphatic rings. The van der Waals surface area contributed by atoms with Crippen molar-refractivity contribution in [3.05, 3.63) is 23.8 Å². The van der Waals surface area contributed by atoms with Crippen LogP contribution in [0.25, 0.3) is 0 Å². The van der Waals surface area contributed by atoms with Crippen molar-refractivity contribution in [3.63, 3.8) is 0 Å². The van der Waals surface area contributed by atoms with Gasteiger partial charge in [0.15, 0.2) is 0 Å². The highest BCUT2D eigenvalue weighted by molar-refractivity contribution is 7.91. The van der Waals surface area contributed by atoms with Crippen molar-refractivity contribution in [1.29, 1.82) is 0 Å². The first-order chi connectivity index (χ1) is 9.41. The van der Waals surface area contributed by atoms with Gasteiger partial charge in [-0.25, -0.2) is 13.2 Å². The first kappa shape index (κ1) is 14.6. The zero-order chi connectivity index (χ0) is 14.8. The maximum atomic E-state index is 11.7. The predicted molar refractivity (Wildman–Crippen MR) is 77.5 cm³/mol. The van der Waals surface area contributed by atoms with Crippen molar-refractivity contribution in [2.75, 3.05) is 29.7 Å². The van der Waals surface area contributed by atoms with Crippen LogP contribution in [0.15, 0.2) is 18.2 Å². The Labute approximate surface area is 118 Å². The summed E-state index contributed by atoms with van der Waals surface area (Å²) in [4.78, 5) is 11.7. The molecule has 0 aromatic heterocycles. The molecule has 110 valence electrons. The number of benzene rings is 1. The molecule has 3 N–H and O–H groups in total. The smallest absolute Gasteiger partial charge is 0.340 e. The van der Waals surface area contributed by atoms with E-state index in [4.69, 9.17) is 10.5 Å². The highest BCUT2D eigenvalue weighted by atomic mass is 32.2. The average Bonchev–Trinajstić information content (AvgIpc) is 2.42. The summed E-state index contributed by atoms with van der Waals surface area (Å²) in [6, 6.07) is 4.98. The van der Waals surface area contributed by atoms with E-state index in [1.165, 1.54) is 7.11 Å². The molecule has 1 saturated heterocycles. The quantitative estimate of drug-likeness (QED) is 0.639. The molecule has 0 bridgehead atoms. The molecule has 20 heavy (non-hydrogen) atoms. The largest absolute Gasteiger partial charge is 0.465 e. The monoisotopic (exact) mass is 298 g/mol. The van der Waals surface area contributed by atoms with E-state index in [1.807, 2.05) is 0 Å². The summed E-state index contributed by atoms with van der Waals surface area (Å²) in [5.41, 5.74) is 7.13. The second-order valence-corrected chi connectivity index (χ2v) is 7.17. The lowest BCUT2D eigenvalue weighted by Gasteiger charge is -2.25. The number of ether oxygens (including phenoxy) is 1. The second kappa shape index (κ2) is 5.70.